The fraction of sp³-hybridized carbons (Fsp3) is 0.571. The van der Waals surface area contributed by atoms with Gasteiger partial charge in [0.15, 0.2) is 11.6 Å². The second-order valence-electron chi connectivity index (χ2n) is 4.75. The zero-order valence-corrected chi connectivity index (χ0v) is 10.9. The van der Waals surface area contributed by atoms with Crippen LogP contribution >= 0.6 is 0 Å². The maximum Gasteiger partial charge on any atom is 0.165 e. The first-order valence-corrected chi connectivity index (χ1v) is 6.21. The Morgan fingerprint density at radius 3 is 2.59 bits per heavy atom. The Labute approximate surface area is 103 Å². The molecule has 0 aliphatic carbocycles. The zero-order valence-electron chi connectivity index (χ0n) is 10.9. The molecule has 96 valence electrons. The minimum Gasteiger partial charge on any atom is -0.486 e. The molecule has 0 aromatic heterocycles. The molecular formula is C14H22FNO. The third-order valence-electron chi connectivity index (χ3n) is 2.50. The Morgan fingerprint density at radius 1 is 1.24 bits per heavy atom. The quantitative estimate of drug-likeness (QED) is 0.738. The number of hydrogen-bond donors (Lipinski definition) is 1. The molecule has 0 amide bonds. The van der Waals surface area contributed by atoms with Gasteiger partial charge in [-0.1, -0.05) is 26.0 Å². The fourth-order valence-corrected chi connectivity index (χ4v) is 1.49. The van der Waals surface area contributed by atoms with E-state index in [1.54, 1.807) is 18.2 Å². The fourth-order valence-electron chi connectivity index (χ4n) is 1.49. The van der Waals surface area contributed by atoms with E-state index in [-0.39, 0.29) is 11.9 Å². The minimum absolute atomic E-state index is 0.0286. The highest BCUT2D eigenvalue weighted by Crippen LogP contribution is 2.16. The number of para-hydroxylation sites is 1. The normalized spacial score (nSPS) is 12.8. The lowest BCUT2D eigenvalue weighted by molar-refractivity contribution is 0.207. The van der Waals surface area contributed by atoms with E-state index >= 15 is 0 Å². The highest BCUT2D eigenvalue weighted by Gasteiger charge is 2.07. The second kappa shape index (κ2) is 7.28. The Kier molecular flexibility index (Phi) is 5.98. The molecular weight excluding hydrogens is 217 g/mol. The molecule has 3 heteroatoms. The Hall–Kier alpha value is -1.09. The molecule has 0 aliphatic heterocycles. The van der Waals surface area contributed by atoms with E-state index in [0.29, 0.717) is 11.7 Å². The van der Waals surface area contributed by atoms with Crippen LogP contribution in [-0.4, -0.2) is 19.2 Å². The van der Waals surface area contributed by atoms with Gasteiger partial charge in [0.2, 0.25) is 0 Å². The third-order valence-corrected chi connectivity index (χ3v) is 2.50. The van der Waals surface area contributed by atoms with Crippen molar-refractivity contribution in [1.29, 1.82) is 0 Å². The van der Waals surface area contributed by atoms with Crippen molar-refractivity contribution in [3.63, 3.8) is 0 Å². The van der Waals surface area contributed by atoms with Crippen molar-refractivity contribution < 1.29 is 9.13 Å². The summed E-state index contributed by atoms with van der Waals surface area (Å²) in [6.07, 6.45) is 1.12. The van der Waals surface area contributed by atoms with Crippen LogP contribution in [0.5, 0.6) is 5.75 Å². The lowest BCUT2D eigenvalue weighted by atomic mass is 10.1. The number of benzene rings is 1. The molecule has 0 heterocycles. The van der Waals surface area contributed by atoms with Crippen molar-refractivity contribution >= 4 is 0 Å². The van der Waals surface area contributed by atoms with Gasteiger partial charge in [-0.25, -0.2) is 4.39 Å². The number of ether oxygens (including phenoxy) is 1. The van der Waals surface area contributed by atoms with Crippen LogP contribution in [0, 0.1) is 11.7 Å². The summed E-state index contributed by atoms with van der Waals surface area (Å²) in [5.74, 6) is 0.720. The molecule has 0 radical (unpaired) electrons. The Bertz CT molecular complexity index is 328. The zero-order chi connectivity index (χ0) is 12.7. The Balaban J connectivity index is 2.25. The molecule has 1 atom stereocenters. The summed E-state index contributed by atoms with van der Waals surface area (Å²) in [4.78, 5) is 0. The van der Waals surface area contributed by atoms with Gasteiger partial charge in [-0.05, 0) is 37.9 Å². The van der Waals surface area contributed by atoms with E-state index in [2.05, 4.69) is 19.2 Å². The number of rotatable bonds is 7. The van der Waals surface area contributed by atoms with Gasteiger partial charge < -0.3 is 10.1 Å². The lowest BCUT2D eigenvalue weighted by Gasteiger charge is -2.16. The summed E-state index contributed by atoms with van der Waals surface area (Å²) in [7, 11) is 0. The maximum absolute atomic E-state index is 13.3. The van der Waals surface area contributed by atoms with Crippen LogP contribution in [0.3, 0.4) is 0 Å². The van der Waals surface area contributed by atoms with Crippen LogP contribution in [-0.2, 0) is 0 Å². The first kappa shape index (κ1) is 14.0. The number of nitrogens with one attached hydrogen (secondary N) is 1. The van der Waals surface area contributed by atoms with Gasteiger partial charge in [-0.2, -0.15) is 0 Å². The highest BCUT2D eigenvalue weighted by molar-refractivity contribution is 5.23. The molecule has 0 bridgehead atoms. The van der Waals surface area contributed by atoms with E-state index in [1.807, 2.05) is 6.92 Å². The molecule has 1 N–H and O–H groups in total. The molecule has 0 aliphatic rings. The predicted octanol–water partition coefficient (Wildman–Crippen LogP) is 3.23. The largest absolute Gasteiger partial charge is 0.486 e. The number of halogens is 1. The average Bonchev–Trinajstić information content (AvgIpc) is 2.27. The molecule has 0 fully saturated rings. The third kappa shape index (κ3) is 5.68. The second-order valence-corrected chi connectivity index (χ2v) is 4.75. The smallest absolute Gasteiger partial charge is 0.165 e. The topological polar surface area (TPSA) is 21.3 Å². The van der Waals surface area contributed by atoms with Crippen LogP contribution in [0.2, 0.25) is 0 Å². The van der Waals surface area contributed by atoms with Crippen molar-refractivity contribution in [2.75, 3.05) is 13.1 Å². The van der Waals surface area contributed by atoms with Gasteiger partial charge in [0, 0.05) is 6.54 Å². The van der Waals surface area contributed by atoms with Crippen molar-refractivity contribution in [2.45, 2.75) is 33.3 Å². The highest BCUT2D eigenvalue weighted by atomic mass is 19.1. The van der Waals surface area contributed by atoms with Gasteiger partial charge in [0.1, 0.15) is 6.10 Å². The molecule has 0 spiro atoms. The summed E-state index contributed by atoms with van der Waals surface area (Å²) in [6, 6.07) is 6.50. The van der Waals surface area contributed by atoms with Crippen molar-refractivity contribution in [3.8, 4) is 5.75 Å². The summed E-state index contributed by atoms with van der Waals surface area (Å²) in [6.45, 7) is 8.04. The molecule has 1 unspecified atom stereocenters. The van der Waals surface area contributed by atoms with Gasteiger partial charge >= 0.3 is 0 Å². The first-order chi connectivity index (χ1) is 8.09. The van der Waals surface area contributed by atoms with E-state index in [1.165, 1.54) is 6.07 Å². The van der Waals surface area contributed by atoms with Crippen molar-refractivity contribution in [2.24, 2.45) is 5.92 Å². The monoisotopic (exact) mass is 239 g/mol. The lowest BCUT2D eigenvalue weighted by Crippen LogP contribution is -2.30. The van der Waals surface area contributed by atoms with Crippen LogP contribution in [0.25, 0.3) is 0 Å². The predicted molar refractivity (Wildman–Crippen MR) is 68.8 cm³/mol. The molecule has 1 aromatic rings. The van der Waals surface area contributed by atoms with Crippen LogP contribution in [0.15, 0.2) is 24.3 Å². The van der Waals surface area contributed by atoms with Crippen LogP contribution < -0.4 is 10.1 Å². The molecule has 17 heavy (non-hydrogen) atoms. The SMILES string of the molecule is CC(C)CCNCC(C)Oc1ccccc1F. The molecule has 0 saturated carbocycles. The summed E-state index contributed by atoms with van der Waals surface area (Å²) < 4.78 is 18.8. The van der Waals surface area contributed by atoms with E-state index in [0.717, 1.165) is 19.5 Å². The Morgan fingerprint density at radius 2 is 1.94 bits per heavy atom. The summed E-state index contributed by atoms with van der Waals surface area (Å²) in [5.41, 5.74) is 0. The van der Waals surface area contributed by atoms with Crippen molar-refractivity contribution in [1.82, 2.24) is 5.32 Å². The van der Waals surface area contributed by atoms with Crippen LogP contribution in [0.1, 0.15) is 27.2 Å². The summed E-state index contributed by atoms with van der Waals surface area (Å²) in [5, 5.41) is 3.31. The summed E-state index contributed by atoms with van der Waals surface area (Å²) >= 11 is 0. The average molecular weight is 239 g/mol. The van der Waals surface area contributed by atoms with Gasteiger partial charge in [-0.15, -0.1) is 0 Å². The first-order valence-electron chi connectivity index (χ1n) is 6.21. The standard InChI is InChI=1S/C14H22FNO/c1-11(2)8-9-16-10-12(3)17-14-7-5-4-6-13(14)15/h4-7,11-12,16H,8-10H2,1-3H3. The maximum atomic E-state index is 13.3. The van der Waals surface area contributed by atoms with Crippen molar-refractivity contribution in [3.05, 3.63) is 30.1 Å². The molecule has 1 aromatic carbocycles. The number of hydrogen-bond acceptors (Lipinski definition) is 2. The van der Waals surface area contributed by atoms with E-state index in [4.69, 9.17) is 4.74 Å². The van der Waals surface area contributed by atoms with Gasteiger partial charge in [-0.3, -0.25) is 0 Å². The molecule has 1 rings (SSSR count). The van der Waals surface area contributed by atoms with Gasteiger partial charge in [0.25, 0.3) is 0 Å². The van der Waals surface area contributed by atoms with Crippen LogP contribution in [0.4, 0.5) is 4.39 Å². The van der Waals surface area contributed by atoms with E-state index in [9.17, 15) is 4.39 Å². The van der Waals surface area contributed by atoms with E-state index < -0.39 is 0 Å². The minimum atomic E-state index is -0.304. The van der Waals surface area contributed by atoms with Gasteiger partial charge in [0.05, 0.1) is 0 Å². The molecule has 2 nitrogen and oxygen atoms in total. The molecule has 0 saturated heterocycles.